The first-order valence-corrected chi connectivity index (χ1v) is 10.9. The fraction of sp³-hybridized carbons (Fsp3) is 0.381. The van der Waals surface area contributed by atoms with E-state index in [0.29, 0.717) is 41.6 Å². The van der Waals surface area contributed by atoms with Gasteiger partial charge >= 0.3 is 0 Å². The maximum atomic E-state index is 13.0. The fourth-order valence-corrected chi connectivity index (χ4v) is 4.85. The number of nitrogens with zero attached hydrogens (tertiary/aromatic N) is 1. The summed E-state index contributed by atoms with van der Waals surface area (Å²) < 4.78 is 33.8. The fourth-order valence-electron chi connectivity index (χ4n) is 3.51. The average molecular weight is 403 g/mol. The second kappa shape index (κ2) is 8.22. The lowest BCUT2D eigenvalue weighted by atomic mass is 9.99. The molecule has 7 heteroatoms. The first-order valence-electron chi connectivity index (χ1n) is 9.37. The first-order chi connectivity index (χ1) is 13.3. The molecule has 2 aromatic carbocycles. The second-order valence-corrected chi connectivity index (χ2v) is 8.94. The number of aryl methyl sites for hydroxylation is 1. The zero-order valence-corrected chi connectivity index (χ0v) is 17.3. The number of sulfonamides is 1. The third kappa shape index (κ3) is 4.30. The number of hydrogen-bond donors (Lipinski definition) is 1. The summed E-state index contributed by atoms with van der Waals surface area (Å²) >= 11 is 0. The number of methoxy groups -OCH3 is 1. The van der Waals surface area contributed by atoms with Crippen LogP contribution in [0.3, 0.4) is 0 Å². The zero-order chi connectivity index (χ0) is 20.3. The summed E-state index contributed by atoms with van der Waals surface area (Å²) in [5, 5.41) is 0. The molecule has 0 radical (unpaired) electrons. The summed E-state index contributed by atoms with van der Waals surface area (Å²) in [6.07, 6.45) is 2.08. The van der Waals surface area contributed by atoms with Gasteiger partial charge in [-0.25, -0.2) is 8.42 Å². The SMILES string of the molecule is COc1ccccc1NS(=O)(=O)c1cc(C(=O)N2CCCC(C)C2)ccc1C. The average Bonchev–Trinajstić information content (AvgIpc) is 2.68. The normalized spacial score (nSPS) is 17.2. The van der Waals surface area contributed by atoms with Crippen LogP contribution >= 0.6 is 0 Å². The predicted octanol–water partition coefficient (Wildman–Crippen LogP) is 3.68. The Hall–Kier alpha value is -2.54. The Morgan fingerprint density at radius 2 is 1.96 bits per heavy atom. The minimum atomic E-state index is -3.87. The molecule has 2 aromatic rings. The number of hydrogen-bond acceptors (Lipinski definition) is 4. The number of ether oxygens (including phenoxy) is 1. The number of likely N-dealkylation sites (tertiary alicyclic amines) is 1. The van der Waals surface area contributed by atoms with Crippen LogP contribution in [-0.4, -0.2) is 39.4 Å². The Balaban J connectivity index is 1.91. The van der Waals surface area contributed by atoms with Crippen molar-refractivity contribution in [2.75, 3.05) is 24.9 Å². The number of amides is 1. The Morgan fingerprint density at radius 1 is 1.21 bits per heavy atom. The third-order valence-corrected chi connectivity index (χ3v) is 6.53. The minimum Gasteiger partial charge on any atom is -0.495 e. The van der Waals surface area contributed by atoms with Crippen molar-refractivity contribution in [3.05, 3.63) is 53.6 Å². The minimum absolute atomic E-state index is 0.0920. The van der Waals surface area contributed by atoms with Crippen molar-refractivity contribution >= 4 is 21.6 Å². The second-order valence-electron chi connectivity index (χ2n) is 7.28. The van der Waals surface area contributed by atoms with Crippen LogP contribution in [0.1, 0.15) is 35.7 Å². The summed E-state index contributed by atoms with van der Waals surface area (Å²) in [5.74, 6) is 0.761. The molecule has 1 atom stereocenters. The molecule has 3 rings (SSSR count). The quantitative estimate of drug-likeness (QED) is 0.828. The van der Waals surface area contributed by atoms with Crippen LogP contribution in [0.2, 0.25) is 0 Å². The highest BCUT2D eigenvalue weighted by Crippen LogP contribution is 2.28. The maximum absolute atomic E-state index is 13.0. The van der Waals surface area contributed by atoms with E-state index >= 15 is 0 Å². The van der Waals surface area contributed by atoms with Crippen molar-refractivity contribution in [2.24, 2.45) is 5.92 Å². The van der Waals surface area contributed by atoms with Gasteiger partial charge in [-0.3, -0.25) is 9.52 Å². The van der Waals surface area contributed by atoms with Gasteiger partial charge in [0, 0.05) is 18.7 Å². The molecule has 1 saturated heterocycles. The summed E-state index contributed by atoms with van der Waals surface area (Å²) in [7, 11) is -2.39. The number of anilines is 1. The highest BCUT2D eigenvalue weighted by Gasteiger charge is 2.25. The molecule has 6 nitrogen and oxygen atoms in total. The van der Waals surface area contributed by atoms with E-state index in [2.05, 4.69) is 11.6 Å². The lowest BCUT2D eigenvalue weighted by Crippen LogP contribution is -2.39. The van der Waals surface area contributed by atoms with Gasteiger partial charge in [0.05, 0.1) is 17.7 Å². The Kier molecular flexibility index (Phi) is 5.93. The molecule has 1 amide bonds. The largest absolute Gasteiger partial charge is 0.495 e. The number of carbonyl (C=O) groups is 1. The van der Waals surface area contributed by atoms with E-state index in [-0.39, 0.29) is 10.8 Å². The topological polar surface area (TPSA) is 75.7 Å². The van der Waals surface area contributed by atoms with Crippen LogP contribution in [0.5, 0.6) is 5.75 Å². The molecule has 1 aliphatic rings. The molecule has 1 N–H and O–H groups in total. The van der Waals surface area contributed by atoms with E-state index in [1.165, 1.54) is 13.2 Å². The van der Waals surface area contributed by atoms with E-state index in [1.54, 1.807) is 43.3 Å². The lowest BCUT2D eigenvalue weighted by molar-refractivity contribution is 0.0683. The molecular weight excluding hydrogens is 376 g/mol. The van der Waals surface area contributed by atoms with Gasteiger partial charge in [0.2, 0.25) is 0 Å². The van der Waals surface area contributed by atoms with Crippen molar-refractivity contribution in [3.8, 4) is 5.75 Å². The van der Waals surface area contributed by atoms with E-state index < -0.39 is 10.0 Å². The van der Waals surface area contributed by atoms with E-state index in [9.17, 15) is 13.2 Å². The van der Waals surface area contributed by atoms with Gasteiger partial charge in [0.25, 0.3) is 15.9 Å². The standard InChI is InChI=1S/C21H26N2O4S/c1-15-7-6-12-23(14-15)21(24)17-11-10-16(2)20(13-17)28(25,26)22-18-8-4-5-9-19(18)27-3/h4-5,8-11,13,15,22H,6-7,12,14H2,1-3H3. The van der Waals surface area contributed by atoms with Crippen molar-refractivity contribution in [1.82, 2.24) is 4.90 Å². The predicted molar refractivity (Wildman–Crippen MR) is 109 cm³/mol. The van der Waals surface area contributed by atoms with Crippen molar-refractivity contribution in [2.45, 2.75) is 31.6 Å². The Morgan fingerprint density at radius 3 is 2.68 bits per heavy atom. The van der Waals surface area contributed by atoms with Crippen LogP contribution in [0.4, 0.5) is 5.69 Å². The van der Waals surface area contributed by atoms with Crippen LogP contribution in [0, 0.1) is 12.8 Å². The van der Waals surface area contributed by atoms with Gasteiger partial charge in [-0.15, -0.1) is 0 Å². The van der Waals surface area contributed by atoms with Crippen LogP contribution in [0.15, 0.2) is 47.4 Å². The monoisotopic (exact) mass is 402 g/mol. The Bertz CT molecular complexity index is 972. The number of benzene rings is 2. The lowest BCUT2D eigenvalue weighted by Gasteiger charge is -2.31. The molecule has 1 heterocycles. The van der Waals surface area contributed by atoms with Crippen molar-refractivity contribution in [1.29, 1.82) is 0 Å². The van der Waals surface area contributed by atoms with Gasteiger partial charge < -0.3 is 9.64 Å². The summed E-state index contributed by atoms with van der Waals surface area (Å²) in [6, 6.07) is 11.6. The number of carbonyl (C=O) groups excluding carboxylic acids is 1. The number of piperidine rings is 1. The van der Waals surface area contributed by atoms with Gasteiger partial charge in [0.1, 0.15) is 5.75 Å². The zero-order valence-electron chi connectivity index (χ0n) is 16.4. The van der Waals surface area contributed by atoms with Gasteiger partial charge in [-0.2, -0.15) is 0 Å². The molecule has 0 aliphatic carbocycles. The van der Waals surface area contributed by atoms with E-state index in [1.807, 2.05) is 4.90 Å². The smallest absolute Gasteiger partial charge is 0.262 e. The number of para-hydroxylation sites is 2. The number of rotatable bonds is 5. The van der Waals surface area contributed by atoms with Crippen LogP contribution in [-0.2, 0) is 10.0 Å². The van der Waals surface area contributed by atoms with Gasteiger partial charge in [-0.1, -0.05) is 25.1 Å². The maximum Gasteiger partial charge on any atom is 0.262 e. The van der Waals surface area contributed by atoms with Gasteiger partial charge in [0.15, 0.2) is 0 Å². The van der Waals surface area contributed by atoms with Crippen LogP contribution < -0.4 is 9.46 Å². The Labute approximate surface area is 166 Å². The third-order valence-electron chi connectivity index (χ3n) is 5.02. The molecule has 150 valence electrons. The molecule has 0 bridgehead atoms. The van der Waals surface area contributed by atoms with E-state index in [0.717, 1.165) is 12.8 Å². The summed E-state index contributed by atoms with van der Waals surface area (Å²) in [5.41, 5.74) is 1.32. The molecule has 0 aromatic heterocycles. The molecule has 0 spiro atoms. The van der Waals surface area contributed by atoms with Crippen molar-refractivity contribution < 1.29 is 17.9 Å². The molecule has 1 fully saturated rings. The molecule has 28 heavy (non-hydrogen) atoms. The highest BCUT2D eigenvalue weighted by atomic mass is 32.2. The highest BCUT2D eigenvalue weighted by molar-refractivity contribution is 7.92. The van der Waals surface area contributed by atoms with E-state index in [4.69, 9.17) is 4.74 Å². The van der Waals surface area contributed by atoms with Crippen LogP contribution in [0.25, 0.3) is 0 Å². The number of nitrogens with one attached hydrogen (secondary N) is 1. The molecule has 1 aliphatic heterocycles. The molecular formula is C21H26N2O4S. The molecule has 1 unspecified atom stereocenters. The van der Waals surface area contributed by atoms with Gasteiger partial charge in [-0.05, 0) is 55.5 Å². The van der Waals surface area contributed by atoms with Crippen molar-refractivity contribution in [3.63, 3.8) is 0 Å². The summed E-state index contributed by atoms with van der Waals surface area (Å²) in [4.78, 5) is 14.8. The summed E-state index contributed by atoms with van der Waals surface area (Å²) in [6.45, 7) is 5.25. The first kappa shape index (κ1) is 20.2. The molecule has 0 saturated carbocycles.